The third kappa shape index (κ3) is 19.3. The van der Waals surface area contributed by atoms with E-state index in [0.717, 1.165) is 19.4 Å². The lowest BCUT2D eigenvalue weighted by atomic mass is 10.1. The van der Waals surface area contributed by atoms with Gasteiger partial charge in [0.15, 0.2) is 0 Å². The van der Waals surface area contributed by atoms with E-state index in [0.29, 0.717) is 0 Å². The molecular weight excluding hydrogens is 320 g/mol. The highest BCUT2D eigenvalue weighted by molar-refractivity contribution is 5.74. The highest BCUT2D eigenvalue weighted by atomic mass is 16.2. The molecule has 154 valence electrons. The maximum atomic E-state index is 11.5. The highest BCUT2D eigenvalue weighted by Gasteiger charge is 2.03. The van der Waals surface area contributed by atoms with Crippen molar-refractivity contribution < 1.29 is 4.79 Å². The Hall–Kier alpha value is -0.990. The van der Waals surface area contributed by atoms with E-state index >= 15 is 0 Å². The summed E-state index contributed by atoms with van der Waals surface area (Å²) in [7, 11) is 0. The second kappa shape index (κ2) is 20.3. The Morgan fingerprint density at radius 1 is 0.769 bits per heavy atom. The number of rotatable bonds is 18. The Bertz CT molecular complexity index is 328. The van der Waals surface area contributed by atoms with Gasteiger partial charge in [-0.05, 0) is 45.4 Å². The maximum absolute atomic E-state index is 11.5. The van der Waals surface area contributed by atoms with E-state index in [1.54, 1.807) is 0 Å². The summed E-state index contributed by atoms with van der Waals surface area (Å²) in [5.41, 5.74) is 0. The van der Waals surface area contributed by atoms with Crippen LogP contribution < -0.4 is 10.6 Å². The molecule has 3 heteroatoms. The Morgan fingerprint density at radius 3 is 1.81 bits per heavy atom. The summed E-state index contributed by atoms with van der Waals surface area (Å²) in [6, 6.07) is 0.238. The molecule has 26 heavy (non-hydrogen) atoms. The van der Waals surface area contributed by atoms with Crippen molar-refractivity contribution in [1.82, 2.24) is 10.6 Å². The van der Waals surface area contributed by atoms with Gasteiger partial charge in [-0.3, -0.25) is 0 Å². The van der Waals surface area contributed by atoms with E-state index in [1.807, 2.05) is 6.92 Å². The van der Waals surface area contributed by atoms with Crippen LogP contribution in [-0.2, 0) is 0 Å². The number of amides is 2. The summed E-state index contributed by atoms with van der Waals surface area (Å²) < 4.78 is 0. The topological polar surface area (TPSA) is 41.1 Å². The molecule has 0 saturated heterocycles. The van der Waals surface area contributed by atoms with Gasteiger partial charge in [0.2, 0.25) is 0 Å². The molecule has 0 radical (unpaired) electrons. The minimum atomic E-state index is -0.0212. The molecule has 0 bridgehead atoms. The van der Waals surface area contributed by atoms with Gasteiger partial charge in [0.25, 0.3) is 0 Å². The first-order valence-electron chi connectivity index (χ1n) is 11.4. The summed E-state index contributed by atoms with van der Waals surface area (Å²) in [5, 5.41) is 5.87. The molecule has 2 amide bonds. The molecule has 3 nitrogen and oxygen atoms in total. The lowest BCUT2D eigenvalue weighted by Gasteiger charge is -2.12. The first-order chi connectivity index (χ1) is 12.7. The van der Waals surface area contributed by atoms with Gasteiger partial charge in [-0.15, -0.1) is 0 Å². The summed E-state index contributed by atoms with van der Waals surface area (Å²) in [6.45, 7) is 7.18. The van der Waals surface area contributed by atoms with Gasteiger partial charge >= 0.3 is 6.03 Å². The van der Waals surface area contributed by atoms with Gasteiger partial charge in [0.05, 0.1) is 0 Å². The molecule has 0 aliphatic rings. The minimum Gasteiger partial charge on any atom is -0.338 e. The monoisotopic (exact) mass is 366 g/mol. The van der Waals surface area contributed by atoms with Crippen LogP contribution in [0.5, 0.6) is 0 Å². The smallest absolute Gasteiger partial charge is 0.314 e. The average molecular weight is 367 g/mol. The van der Waals surface area contributed by atoms with Gasteiger partial charge < -0.3 is 10.6 Å². The van der Waals surface area contributed by atoms with E-state index < -0.39 is 0 Å². The van der Waals surface area contributed by atoms with Crippen LogP contribution in [0.15, 0.2) is 12.2 Å². The molecule has 0 aliphatic carbocycles. The fourth-order valence-electron chi connectivity index (χ4n) is 2.95. The second-order valence-electron chi connectivity index (χ2n) is 7.65. The number of unbranched alkanes of at least 4 members (excludes halogenated alkanes) is 12. The third-order valence-electron chi connectivity index (χ3n) is 4.96. The number of carbonyl (C=O) groups excluding carboxylic acids is 1. The molecule has 0 fully saturated rings. The largest absolute Gasteiger partial charge is 0.338 e. The van der Waals surface area contributed by atoms with Gasteiger partial charge in [-0.2, -0.15) is 0 Å². The quantitative estimate of drug-likeness (QED) is 0.197. The number of carbonyl (C=O) groups is 1. The number of nitrogens with one attached hydrogen (secondary N) is 2. The number of hydrogen-bond donors (Lipinski definition) is 2. The van der Waals surface area contributed by atoms with Crippen molar-refractivity contribution in [2.24, 2.45) is 0 Å². The first kappa shape index (κ1) is 25.0. The third-order valence-corrected chi connectivity index (χ3v) is 4.96. The summed E-state index contributed by atoms with van der Waals surface area (Å²) in [4.78, 5) is 11.5. The molecule has 0 aromatic heterocycles. The fraction of sp³-hybridized carbons (Fsp3) is 0.870. The Morgan fingerprint density at radius 2 is 1.27 bits per heavy atom. The molecule has 1 unspecified atom stereocenters. The van der Waals surface area contributed by atoms with E-state index in [-0.39, 0.29) is 12.1 Å². The van der Waals surface area contributed by atoms with Crippen LogP contribution in [0.4, 0.5) is 4.79 Å². The molecule has 0 aromatic carbocycles. The first-order valence-corrected chi connectivity index (χ1v) is 11.4. The van der Waals surface area contributed by atoms with E-state index in [4.69, 9.17) is 0 Å². The minimum absolute atomic E-state index is 0.0212. The van der Waals surface area contributed by atoms with Crippen molar-refractivity contribution in [2.45, 2.75) is 123 Å². The molecule has 0 rings (SSSR count). The van der Waals surface area contributed by atoms with E-state index in [1.165, 1.54) is 83.5 Å². The van der Waals surface area contributed by atoms with Gasteiger partial charge in [-0.25, -0.2) is 4.79 Å². The van der Waals surface area contributed by atoms with Crippen LogP contribution >= 0.6 is 0 Å². The average Bonchev–Trinajstić information content (AvgIpc) is 2.64. The highest BCUT2D eigenvalue weighted by Crippen LogP contribution is 2.09. The SMILES string of the molecule is CCCCCCCC/C=C\CCCCCCCCNC(=O)NC(C)CC. The predicted octanol–water partition coefficient (Wildman–Crippen LogP) is 7.12. The molecule has 1 atom stereocenters. The molecule has 0 spiro atoms. The van der Waals surface area contributed by atoms with Crippen LogP contribution in [0.1, 0.15) is 117 Å². The fourth-order valence-corrected chi connectivity index (χ4v) is 2.95. The van der Waals surface area contributed by atoms with Crippen LogP contribution in [0.25, 0.3) is 0 Å². The predicted molar refractivity (Wildman–Crippen MR) is 116 cm³/mol. The number of urea groups is 1. The molecule has 0 heterocycles. The molecule has 0 aromatic rings. The van der Waals surface area contributed by atoms with E-state index in [2.05, 4.69) is 36.6 Å². The summed E-state index contributed by atoms with van der Waals surface area (Å²) in [6.07, 6.45) is 24.2. The maximum Gasteiger partial charge on any atom is 0.314 e. The molecular formula is C23H46N2O. The van der Waals surface area contributed by atoms with Gasteiger partial charge in [-0.1, -0.05) is 83.8 Å². The van der Waals surface area contributed by atoms with E-state index in [9.17, 15) is 4.79 Å². The zero-order valence-corrected chi connectivity index (χ0v) is 18.0. The van der Waals surface area contributed by atoms with Crippen LogP contribution in [0.2, 0.25) is 0 Å². The number of allylic oxidation sites excluding steroid dienone is 2. The lowest BCUT2D eigenvalue weighted by molar-refractivity contribution is 0.237. The Kier molecular flexibility index (Phi) is 19.5. The molecule has 2 N–H and O–H groups in total. The van der Waals surface area contributed by atoms with Crippen LogP contribution in [0, 0.1) is 0 Å². The van der Waals surface area contributed by atoms with Crippen molar-refractivity contribution in [1.29, 1.82) is 0 Å². The zero-order chi connectivity index (χ0) is 19.3. The van der Waals surface area contributed by atoms with Crippen LogP contribution in [-0.4, -0.2) is 18.6 Å². The van der Waals surface area contributed by atoms with Crippen LogP contribution in [0.3, 0.4) is 0 Å². The Labute approximate surface area is 163 Å². The second-order valence-corrected chi connectivity index (χ2v) is 7.65. The zero-order valence-electron chi connectivity index (χ0n) is 18.0. The normalized spacial score (nSPS) is 12.4. The molecule has 0 aliphatic heterocycles. The van der Waals surface area contributed by atoms with Crippen molar-refractivity contribution in [2.75, 3.05) is 6.54 Å². The van der Waals surface area contributed by atoms with Crippen molar-refractivity contribution in [3.8, 4) is 0 Å². The Balaban J connectivity index is 3.19. The lowest BCUT2D eigenvalue weighted by Crippen LogP contribution is -2.40. The summed E-state index contributed by atoms with van der Waals surface area (Å²) in [5.74, 6) is 0. The van der Waals surface area contributed by atoms with Crippen molar-refractivity contribution in [3.05, 3.63) is 12.2 Å². The van der Waals surface area contributed by atoms with Gasteiger partial charge in [0.1, 0.15) is 0 Å². The number of hydrogen-bond acceptors (Lipinski definition) is 1. The van der Waals surface area contributed by atoms with Gasteiger partial charge in [0, 0.05) is 12.6 Å². The molecule has 0 saturated carbocycles. The van der Waals surface area contributed by atoms with Crippen molar-refractivity contribution in [3.63, 3.8) is 0 Å². The summed E-state index contributed by atoms with van der Waals surface area (Å²) >= 11 is 0. The standard InChI is InChI=1S/C23H46N2O/c1-4-6-7-8-9-10-11-12-13-14-15-16-17-18-19-20-21-24-23(26)25-22(3)5-2/h12-13,22H,4-11,14-21H2,1-3H3,(H2,24,25,26)/b13-12-. The van der Waals surface area contributed by atoms with Crippen molar-refractivity contribution >= 4 is 6.03 Å².